The first-order chi connectivity index (χ1) is 6.43. The summed E-state index contributed by atoms with van der Waals surface area (Å²) in [5, 5.41) is 17.7. The fourth-order valence-electron chi connectivity index (χ4n) is 1.01. The third-order valence-corrected chi connectivity index (χ3v) is 1.96. The van der Waals surface area contributed by atoms with E-state index in [0.717, 1.165) is 6.07 Å². The van der Waals surface area contributed by atoms with E-state index < -0.39 is 17.7 Å². The van der Waals surface area contributed by atoms with E-state index in [1.54, 1.807) is 0 Å². The first kappa shape index (κ1) is 10.3. The van der Waals surface area contributed by atoms with Crippen LogP contribution >= 0.6 is 0 Å². The number of carboxylic acid groups (broad SMARTS) is 1. The molecule has 0 saturated carbocycles. The Morgan fingerprint density at radius 1 is 1.43 bits per heavy atom. The lowest BCUT2D eigenvalue weighted by Gasteiger charge is -2.08. The Bertz CT molecular complexity index is 387. The Morgan fingerprint density at radius 3 is 2.50 bits per heavy atom. The molecule has 2 N–H and O–H groups in total. The predicted octanol–water partition coefficient (Wildman–Crippen LogP) is 2.20. The molecule has 0 aliphatic carbocycles. The molecular weight excluding hydrogens is 191 g/mol. The lowest BCUT2D eigenvalue weighted by molar-refractivity contribution is 0.142. The normalized spacial score (nSPS) is 9.93. The van der Waals surface area contributed by atoms with Crippen LogP contribution in [0.5, 0.6) is 11.5 Å². The largest absolute Gasteiger partial charge is 0.511 e. The van der Waals surface area contributed by atoms with Crippen molar-refractivity contribution in [1.82, 2.24) is 0 Å². The molecule has 0 radical (unpaired) electrons. The minimum Gasteiger partial charge on any atom is -0.504 e. The third kappa shape index (κ3) is 1.76. The van der Waals surface area contributed by atoms with Crippen molar-refractivity contribution in [3.05, 3.63) is 23.0 Å². The summed E-state index contributed by atoms with van der Waals surface area (Å²) >= 11 is 0. The van der Waals surface area contributed by atoms with E-state index >= 15 is 0 Å². The van der Waals surface area contributed by atoms with Crippen LogP contribution in [0.25, 0.3) is 0 Å². The Morgan fingerprint density at radius 2 is 2.00 bits per heavy atom. The molecule has 0 spiro atoms. The lowest BCUT2D eigenvalue weighted by atomic mass is 10.1. The van der Waals surface area contributed by atoms with Crippen LogP contribution in [0, 0.1) is 19.7 Å². The number of hydrogen-bond donors (Lipinski definition) is 2. The van der Waals surface area contributed by atoms with Gasteiger partial charge in [0.1, 0.15) is 5.82 Å². The van der Waals surface area contributed by atoms with Crippen molar-refractivity contribution in [2.45, 2.75) is 13.8 Å². The third-order valence-electron chi connectivity index (χ3n) is 1.96. The summed E-state index contributed by atoms with van der Waals surface area (Å²) in [7, 11) is 0. The van der Waals surface area contributed by atoms with Crippen LogP contribution in [-0.4, -0.2) is 16.4 Å². The standard InChI is InChI=1S/C9H9FO4/c1-4-5(2)8(11)7(3-6(4)10)14-9(12)13/h3,11H,1-2H3,(H,12,13). The molecular formula is C9H9FO4. The molecule has 0 unspecified atom stereocenters. The van der Waals surface area contributed by atoms with Gasteiger partial charge < -0.3 is 14.9 Å². The number of aromatic hydroxyl groups is 1. The van der Waals surface area contributed by atoms with Crippen LogP contribution in [0.2, 0.25) is 0 Å². The van der Waals surface area contributed by atoms with Gasteiger partial charge in [-0.15, -0.1) is 0 Å². The molecule has 0 amide bonds. The van der Waals surface area contributed by atoms with Crippen LogP contribution in [0.15, 0.2) is 6.07 Å². The smallest absolute Gasteiger partial charge is 0.504 e. The maximum Gasteiger partial charge on any atom is 0.511 e. The number of halogens is 1. The van der Waals surface area contributed by atoms with Gasteiger partial charge in [0.15, 0.2) is 11.5 Å². The van der Waals surface area contributed by atoms with Gasteiger partial charge in [0.05, 0.1) is 0 Å². The van der Waals surface area contributed by atoms with Gasteiger partial charge in [-0.3, -0.25) is 0 Å². The van der Waals surface area contributed by atoms with Crippen LogP contribution in [-0.2, 0) is 0 Å². The topological polar surface area (TPSA) is 66.8 Å². The number of hydrogen-bond acceptors (Lipinski definition) is 3. The Labute approximate surface area is 79.6 Å². The second kappa shape index (κ2) is 3.53. The van der Waals surface area contributed by atoms with Crippen molar-refractivity contribution in [3.8, 4) is 11.5 Å². The van der Waals surface area contributed by atoms with E-state index in [0.29, 0.717) is 0 Å². The van der Waals surface area contributed by atoms with E-state index in [9.17, 15) is 14.3 Å². The molecule has 0 aromatic heterocycles. The van der Waals surface area contributed by atoms with Crippen LogP contribution in [0.1, 0.15) is 11.1 Å². The van der Waals surface area contributed by atoms with Crippen LogP contribution < -0.4 is 4.74 Å². The molecule has 1 aromatic carbocycles. The quantitative estimate of drug-likeness (QED) is 0.538. The van der Waals surface area contributed by atoms with Gasteiger partial charge in [-0.25, -0.2) is 9.18 Å². The highest BCUT2D eigenvalue weighted by atomic mass is 19.1. The Balaban J connectivity index is 3.25. The SMILES string of the molecule is Cc1c(F)cc(OC(=O)O)c(O)c1C. The van der Waals surface area contributed by atoms with Gasteiger partial charge in [-0.2, -0.15) is 0 Å². The average molecular weight is 200 g/mol. The fourth-order valence-corrected chi connectivity index (χ4v) is 1.01. The zero-order valence-electron chi connectivity index (χ0n) is 7.67. The van der Waals surface area contributed by atoms with E-state index in [-0.39, 0.29) is 16.9 Å². The maximum atomic E-state index is 13.1. The Kier molecular flexibility index (Phi) is 2.60. The van der Waals surface area contributed by atoms with Crippen molar-refractivity contribution < 1.29 is 24.1 Å². The molecule has 0 heterocycles. The highest BCUT2D eigenvalue weighted by Crippen LogP contribution is 2.33. The van der Waals surface area contributed by atoms with Crippen LogP contribution in [0.3, 0.4) is 0 Å². The molecule has 0 bridgehead atoms. The van der Waals surface area contributed by atoms with Gasteiger partial charge in [0, 0.05) is 11.6 Å². The van der Waals surface area contributed by atoms with E-state index in [1.807, 2.05) is 0 Å². The highest BCUT2D eigenvalue weighted by molar-refractivity contribution is 5.64. The summed E-state index contributed by atoms with van der Waals surface area (Å²) in [6.45, 7) is 2.96. The minimum absolute atomic E-state index is 0.264. The van der Waals surface area contributed by atoms with E-state index in [1.165, 1.54) is 13.8 Å². The molecule has 0 atom stereocenters. The van der Waals surface area contributed by atoms with Crippen molar-refractivity contribution >= 4 is 6.16 Å². The number of ether oxygens (including phenoxy) is 1. The highest BCUT2D eigenvalue weighted by Gasteiger charge is 2.14. The van der Waals surface area contributed by atoms with Gasteiger partial charge in [-0.1, -0.05) is 0 Å². The summed E-state index contributed by atoms with van der Waals surface area (Å²) in [4.78, 5) is 10.2. The molecule has 1 aromatic rings. The van der Waals surface area contributed by atoms with Crippen molar-refractivity contribution in [2.24, 2.45) is 0 Å². The van der Waals surface area contributed by atoms with E-state index in [4.69, 9.17) is 5.11 Å². The van der Waals surface area contributed by atoms with E-state index in [2.05, 4.69) is 4.74 Å². The zero-order valence-corrected chi connectivity index (χ0v) is 7.67. The van der Waals surface area contributed by atoms with Crippen molar-refractivity contribution in [1.29, 1.82) is 0 Å². The van der Waals surface area contributed by atoms with Gasteiger partial charge in [-0.05, 0) is 19.4 Å². The summed E-state index contributed by atoms with van der Waals surface area (Å²) in [5.41, 5.74) is 0.529. The second-order valence-electron chi connectivity index (χ2n) is 2.82. The van der Waals surface area contributed by atoms with Crippen LogP contribution in [0.4, 0.5) is 9.18 Å². The molecule has 4 nitrogen and oxygen atoms in total. The second-order valence-corrected chi connectivity index (χ2v) is 2.82. The van der Waals surface area contributed by atoms with Gasteiger partial charge in [0.2, 0.25) is 0 Å². The predicted molar refractivity (Wildman–Crippen MR) is 46.2 cm³/mol. The average Bonchev–Trinajstić information content (AvgIpc) is 2.10. The zero-order chi connectivity index (χ0) is 10.9. The summed E-state index contributed by atoms with van der Waals surface area (Å²) in [6.07, 6.45) is -1.59. The number of rotatable bonds is 1. The molecule has 1 rings (SSSR count). The molecule has 0 aliphatic rings. The van der Waals surface area contributed by atoms with Gasteiger partial charge in [0.25, 0.3) is 0 Å². The maximum absolute atomic E-state index is 13.1. The number of carbonyl (C=O) groups is 1. The summed E-state index contributed by atoms with van der Waals surface area (Å²) in [6, 6.07) is 0.839. The molecule has 0 saturated heterocycles. The van der Waals surface area contributed by atoms with Crippen molar-refractivity contribution in [3.63, 3.8) is 0 Å². The monoisotopic (exact) mass is 200 g/mol. The molecule has 5 heteroatoms. The summed E-state index contributed by atoms with van der Waals surface area (Å²) in [5.74, 6) is -1.36. The number of benzene rings is 1. The lowest BCUT2D eigenvalue weighted by Crippen LogP contribution is -2.04. The molecule has 0 fully saturated rings. The molecule has 14 heavy (non-hydrogen) atoms. The summed E-state index contributed by atoms with van der Waals surface area (Å²) < 4.78 is 17.3. The first-order valence-electron chi connectivity index (χ1n) is 3.83. The fraction of sp³-hybridized carbons (Fsp3) is 0.222. The number of phenolic OH excluding ortho intramolecular Hbond substituents is 1. The molecule has 76 valence electrons. The minimum atomic E-state index is -1.59. The first-order valence-corrected chi connectivity index (χ1v) is 3.83. The van der Waals surface area contributed by atoms with Gasteiger partial charge >= 0.3 is 6.16 Å². The molecule has 0 aliphatic heterocycles. The van der Waals surface area contributed by atoms with Crippen molar-refractivity contribution in [2.75, 3.05) is 0 Å². The Hall–Kier alpha value is -1.78. The number of phenols is 1.